The van der Waals surface area contributed by atoms with Crippen LogP contribution in [-0.2, 0) is 16.0 Å². The van der Waals surface area contributed by atoms with Crippen molar-refractivity contribution in [2.75, 3.05) is 36.5 Å². The maximum Gasteiger partial charge on any atom is 0.228 e. The molecule has 1 fully saturated rings. The van der Waals surface area contributed by atoms with Gasteiger partial charge in [-0.1, -0.05) is 47.5 Å². The number of para-hydroxylation sites is 1. The van der Waals surface area contributed by atoms with Gasteiger partial charge in [-0.25, -0.2) is 0 Å². The molecule has 2 aromatic carbocycles. The molecule has 3 rings (SSSR count). The van der Waals surface area contributed by atoms with Crippen LogP contribution in [-0.4, -0.2) is 32.2 Å². The molecule has 5 heteroatoms. The monoisotopic (exact) mass is 344 g/mol. The number of amides is 1. The number of halogens is 1. The normalized spacial score (nSPS) is 14.5. The van der Waals surface area contributed by atoms with Gasteiger partial charge in [0.05, 0.1) is 36.0 Å². The Labute approximate surface area is 147 Å². The van der Waals surface area contributed by atoms with Crippen molar-refractivity contribution < 1.29 is 9.53 Å². The summed E-state index contributed by atoms with van der Waals surface area (Å²) in [4.78, 5) is 14.6. The van der Waals surface area contributed by atoms with E-state index in [9.17, 15) is 4.79 Å². The van der Waals surface area contributed by atoms with Crippen molar-refractivity contribution in [3.8, 4) is 0 Å². The minimum Gasteiger partial charge on any atom is -0.378 e. The second kappa shape index (κ2) is 7.69. The Bertz CT molecular complexity index is 710. The van der Waals surface area contributed by atoms with Crippen LogP contribution < -0.4 is 10.2 Å². The molecule has 1 aliphatic heterocycles. The van der Waals surface area contributed by atoms with E-state index < -0.39 is 0 Å². The van der Waals surface area contributed by atoms with Crippen LogP contribution in [0.1, 0.15) is 11.1 Å². The fourth-order valence-corrected chi connectivity index (χ4v) is 3.10. The van der Waals surface area contributed by atoms with Gasteiger partial charge >= 0.3 is 0 Å². The van der Waals surface area contributed by atoms with Gasteiger partial charge in [0.25, 0.3) is 0 Å². The van der Waals surface area contributed by atoms with E-state index in [-0.39, 0.29) is 5.91 Å². The molecule has 0 aromatic heterocycles. The Morgan fingerprint density at radius 1 is 1.17 bits per heavy atom. The van der Waals surface area contributed by atoms with Crippen molar-refractivity contribution in [2.24, 2.45) is 0 Å². The van der Waals surface area contributed by atoms with Crippen molar-refractivity contribution in [1.82, 2.24) is 0 Å². The number of benzene rings is 2. The summed E-state index contributed by atoms with van der Waals surface area (Å²) in [6, 6.07) is 13.6. The average molecular weight is 345 g/mol. The van der Waals surface area contributed by atoms with Crippen LogP contribution >= 0.6 is 11.6 Å². The predicted octanol–water partition coefficient (Wildman–Crippen LogP) is 3.67. The maximum absolute atomic E-state index is 12.4. The van der Waals surface area contributed by atoms with E-state index in [1.54, 1.807) is 0 Å². The highest BCUT2D eigenvalue weighted by atomic mass is 35.5. The maximum atomic E-state index is 12.4. The van der Waals surface area contributed by atoms with E-state index in [0.717, 1.165) is 30.0 Å². The number of carbonyl (C=O) groups excluding carboxylic acids is 1. The van der Waals surface area contributed by atoms with Crippen molar-refractivity contribution in [1.29, 1.82) is 0 Å². The Morgan fingerprint density at radius 2 is 1.88 bits per heavy atom. The molecule has 1 amide bonds. The standard InChI is InChI=1S/C19H21ClN2O2/c1-14-5-7-15(8-6-14)13-18(23)21-17-4-2-3-16(20)19(17)22-9-11-24-12-10-22/h2-8H,9-13H2,1H3,(H,21,23). The fourth-order valence-electron chi connectivity index (χ4n) is 2.81. The summed E-state index contributed by atoms with van der Waals surface area (Å²) >= 11 is 6.39. The van der Waals surface area contributed by atoms with Crippen molar-refractivity contribution >= 4 is 28.9 Å². The number of morpholine rings is 1. The lowest BCUT2D eigenvalue weighted by atomic mass is 10.1. The SMILES string of the molecule is Cc1ccc(CC(=O)Nc2cccc(Cl)c2N2CCOCC2)cc1. The zero-order valence-electron chi connectivity index (χ0n) is 13.7. The first-order valence-electron chi connectivity index (χ1n) is 8.10. The van der Waals surface area contributed by atoms with E-state index in [1.165, 1.54) is 5.56 Å². The molecule has 1 saturated heterocycles. The van der Waals surface area contributed by atoms with E-state index in [1.807, 2.05) is 49.4 Å². The lowest BCUT2D eigenvalue weighted by Gasteiger charge is -2.31. The number of nitrogens with one attached hydrogen (secondary N) is 1. The molecule has 2 aromatic rings. The summed E-state index contributed by atoms with van der Waals surface area (Å²) in [5, 5.41) is 3.65. The fraction of sp³-hybridized carbons (Fsp3) is 0.316. The van der Waals surface area contributed by atoms with Crippen LogP contribution in [0, 0.1) is 6.92 Å². The van der Waals surface area contributed by atoms with Crippen LogP contribution in [0.3, 0.4) is 0 Å². The van der Waals surface area contributed by atoms with Crippen molar-refractivity contribution in [3.63, 3.8) is 0 Å². The molecule has 0 saturated carbocycles. The second-order valence-electron chi connectivity index (χ2n) is 5.95. The highest BCUT2D eigenvalue weighted by Gasteiger charge is 2.19. The van der Waals surface area contributed by atoms with E-state index in [0.29, 0.717) is 24.7 Å². The summed E-state index contributed by atoms with van der Waals surface area (Å²) in [5.74, 6) is -0.0457. The number of ether oxygens (including phenoxy) is 1. The van der Waals surface area contributed by atoms with Crippen LogP contribution in [0.2, 0.25) is 5.02 Å². The van der Waals surface area contributed by atoms with Crippen LogP contribution in [0.15, 0.2) is 42.5 Å². The molecular formula is C19H21ClN2O2. The quantitative estimate of drug-likeness (QED) is 0.920. The number of nitrogens with zero attached hydrogens (tertiary/aromatic N) is 1. The average Bonchev–Trinajstić information content (AvgIpc) is 2.58. The summed E-state index contributed by atoms with van der Waals surface area (Å²) in [5.41, 5.74) is 3.80. The molecule has 0 bridgehead atoms. The van der Waals surface area contributed by atoms with Crippen molar-refractivity contribution in [3.05, 3.63) is 58.6 Å². The van der Waals surface area contributed by atoms with Gasteiger partial charge in [-0.05, 0) is 24.6 Å². The first-order valence-corrected chi connectivity index (χ1v) is 8.48. The predicted molar refractivity (Wildman–Crippen MR) is 98.0 cm³/mol. The van der Waals surface area contributed by atoms with Crippen LogP contribution in [0.5, 0.6) is 0 Å². The first-order chi connectivity index (χ1) is 11.6. The largest absolute Gasteiger partial charge is 0.378 e. The van der Waals surface area contributed by atoms with Gasteiger partial charge in [0.1, 0.15) is 0 Å². The van der Waals surface area contributed by atoms with E-state index in [2.05, 4.69) is 10.2 Å². The van der Waals surface area contributed by atoms with Crippen LogP contribution in [0.4, 0.5) is 11.4 Å². The Kier molecular flexibility index (Phi) is 5.38. The molecule has 1 heterocycles. The molecule has 126 valence electrons. The third-order valence-corrected chi connectivity index (χ3v) is 4.38. The zero-order valence-corrected chi connectivity index (χ0v) is 14.5. The number of anilines is 2. The number of carbonyl (C=O) groups is 1. The highest BCUT2D eigenvalue weighted by molar-refractivity contribution is 6.34. The van der Waals surface area contributed by atoms with Crippen molar-refractivity contribution in [2.45, 2.75) is 13.3 Å². The minimum atomic E-state index is -0.0457. The van der Waals surface area contributed by atoms with Gasteiger partial charge in [0, 0.05) is 13.1 Å². The third kappa shape index (κ3) is 4.08. The molecule has 24 heavy (non-hydrogen) atoms. The number of hydrogen-bond acceptors (Lipinski definition) is 3. The second-order valence-corrected chi connectivity index (χ2v) is 6.35. The molecule has 0 aliphatic carbocycles. The zero-order chi connectivity index (χ0) is 16.9. The number of aryl methyl sites for hydroxylation is 1. The van der Waals surface area contributed by atoms with Gasteiger partial charge in [-0.15, -0.1) is 0 Å². The third-order valence-electron chi connectivity index (χ3n) is 4.07. The Balaban J connectivity index is 1.75. The summed E-state index contributed by atoms with van der Waals surface area (Å²) in [6.07, 6.45) is 0.343. The molecule has 0 atom stereocenters. The van der Waals surface area contributed by atoms with E-state index >= 15 is 0 Å². The van der Waals surface area contributed by atoms with Gasteiger partial charge in [-0.3, -0.25) is 4.79 Å². The summed E-state index contributed by atoms with van der Waals surface area (Å²) in [6.45, 7) is 4.91. The topological polar surface area (TPSA) is 41.6 Å². The molecule has 0 spiro atoms. The minimum absolute atomic E-state index is 0.0457. The van der Waals surface area contributed by atoms with Crippen LogP contribution in [0.25, 0.3) is 0 Å². The smallest absolute Gasteiger partial charge is 0.228 e. The molecular weight excluding hydrogens is 324 g/mol. The Hall–Kier alpha value is -2.04. The van der Waals surface area contributed by atoms with Gasteiger partial charge in [0.15, 0.2) is 0 Å². The number of rotatable bonds is 4. The van der Waals surface area contributed by atoms with E-state index in [4.69, 9.17) is 16.3 Å². The molecule has 1 N–H and O–H groups in total. The molecule has 1 aliphatic rings. The lowest BCUT2D eigenvalue weighted by molar-refractivity contribution is -0.115. The first kappa shape index (κ1) is 16.8. The Morgan fingerprint density at radius 3 is 2.58 bits per heavy atom. The summed E-state index contributed by atoms with van der Waals surface area (Å²) in [7, 11) is 0. The molecule has 0 radical (unpaired) electrons. The lowest BCUT2D eigenvalue weighted by Crippen LogP contribution is -2.37. The summed E-state index contributed by atoms with van der Waals surface area (Å²) < 4.78 is 5.40. The molecule has 0 unspecified atom stereocenters. The van der Waals surface area contributed by atoms with Gasteiger partial charge in [-0.2, -0.15) is 0 Å². The number of hydrogen-bond donors (Lipinski definition) is 1. The molecule has 4 nitrogen and oxygen atoms in total. The highest BCUT2D eigenvalue weighted by Crippen LogP contribution is 2.34. The van der Waals surface area contributed by atoms with Gasteiger partial charge in [0.2, 0.25) is 5.91 Å². The van der Waals surface area contributed by atoms with Gasteiger partial charge < -0.3 is 15.0 Å².